The topological polar surface area (TPSA) is 65.2 Å². The molecule has 16 atom stereocenters. The molecule has 8 aliphatic rings. The van der Waals surface area contributed by atoms with E-state index in [0.29, 0.717) is 22.7 Å². The molecule has 4 heteroatoms. The van der Waals surface area contributed by atoms with Crippen LogP contribution in [0, 0.1) is 80.8 Å². The normalized spacial score (nSPS) is 61.3. The number of aliphatic hydroxyl groups is 2. The smallest absolute Gasteiger partial charge is 0.102 e. The van der Waals surface area contributed by atoms with Gasteiger partial charge in [0.25, 0.3) is 0 Å². The first kappa shape index (κ1) is 32.5. The van der Waals surface area contributed by atoms with Crippen LogP contribution in [0.1, 0.15) is 158 Å². The van der Waals surface area contributed by atoms with Crippen LogP contribution < -0.4 is 0 Å². The largest absolute Gasteiger partial charge is 0.384 e. The van der Waals surface area contributed by atoms with Crippen molar-refractivity contribution in [3.63, 3.8) is 0 Å². The van der Waals surface area contributed by atoms with E-state index in [9.17, 15) is 10.2 Å². The minimum absolute atomic E-state index is 0.176. The van der Waals surface area contributed by atoms with Crippen molar-refractivity contribution in [3.05, 3.63) is 0 Å². The van der Waals surface area contributed by atoms with E-state index < -0.39 is 11.2 Å². The summed E-state index contributed by atoms with van der Waals surface area (Å²) in [5.74, 6) is 7.74. The Balaban J connectivity index is 1.01. The third-order valence-electron chi connectivity index (χ3n) is 18.9. The molecule has 258 valence electrons. The predicted octanol–water partition coefficient (Wildman–Crippen LogP) is 9.86. The summed E-state index contributed by atoms with van der Waals surface area (Å²) in [6, 6.07) is 0. The van der Waals surface area contributed by atoms with Crippen LogP contribution in [0.4, 0.5) is 0 Å². The van der Waals surface area contributed by atoms with Crippen molar-refractivity contribution in [2.75, 3.05) is 0 Å². The quantitative estimate of drug-likeness (QED) is 0.283. The summed E-state index contributed by atoms with van der Waals surface area (Å²) in [6.07, 6.45) is 19.7. The fourth-order valence-electron chi connectivity index (χ4n) is 15.8. The molecule has 6 unspecified atom stereocenters. The summed E-state index contributed by atoms with van der Waals surface area (Å²) in [5, 5.41) is 34.1. The van der Waals surface area contributed by atoms with Crippen LogP contribution in [0.15, 0.2) is 10.2 Å². The second kappa shape index (κ2) is 10.4. The van der Waals surface area contributed by atoms with Gasteiger partial charge in [0.2, 0.25) is 0 Å². The van der Waals surface area contributed by atoms with Crippen molar-refractivity contribution in [3.8, 4) is 0 Å². The Kier molecular flexibility index (Phi) is 7.34. The zero-order valence-corrected chi connectivity index (χ0v) is 30.9. The van der Waals surface area contributed by atoms with Gasteiger partial charge >= 0.3 is 0 Å². The van der Waals surface area contributed by atoms with Gasteiger partial charge in [0, 0.05) is 0 Å². The predicted molar refractivity (Wildman–Crippen MR) is 189 cm³/mol. The number of nitrogens with zero attached hydrogens (tertiary/aromatic N) is 2. The van der Waals surface area contributed by atoms with E-state index in [2.05, 4.69) is 41.5 Å². The monoisotopic (exact) mass is 633 g/mol. The minimum Gasteiger partial charge on any atom is -0.384 e. The maximum Gasteiger partial charge on any atom is 0.102 e. The molecule has 2 N–H and O–H groups in total. The third kappa shape index (κ3) is 4.42. The van der Waals surface area contributed by atoms with Crippen molar-refractivity contribution >= 4 is 11.4 Å². The molecule has 8 aliphatic carbocycles. The van der Waals surface area contributed by atoms with Crippen LogP contribution >= 0.6 is 0 Å². The first-order valence-electron chi connectivity index (χ1n) is 20.1. The standard InChI is InChI=1S/C42H68N2O2/c1-25-9-15-31-29-13-11-27-21-35(41(7,45)23-39(27,5)33(29)17-19-37(25,31)3)43-44-36-22-28-12-14-30-32-16-10-26(2)38(32,4)20-18-34(30)40(28,6)24-42(36,8)46/h25-34,45-46H,9-24H2,1-8H3/t25?,26?,27-,28?,29-,30?,31-,32?,33-,34?,37+,38+,39-,40-,41-,42-/m0/s1. The Morgan fingerprint density at radius 1 is 0.478 bits per heavy atom. The van der Waals surface area contributed by atoms with Gasteiger partial charge in [0.15, 0.2) is 0 Å². The van der Waals surface area contributed by atoms with E-state index in [4.69, 9.17) is 10.2 Å². The Morgan fingerprint density at radius 2 is 0.848 bits per heavy atom. The first-order chi connectivity index (χ1) is 21.5. The molecule has 0 amide bonds. The van der Waals surface area contributed by atoms with E-state index in [-0.39, 0.29) is 10.8 Å². The fraction of sp³-hybridized carbons (Fsp3) is 0.952. The Labute approximate surface area is 281 Å². The van der Waals surface area contributed by atoms with Crippen LogP contribution in [0.25, 0.3) is 0 Å². The Bertz CT molecular complexity index is 1200. The van der Waals surface area contributed by atoms with Gasteiger partial charge in [-0.1, -0.05) is 41.5 Å². The van der Waals surface area contributed by atoms with Gasteiger partial charge in [-0.05, 0) is 197 Å². The lowest BCUT2D eigenvalue weighted by Gasteiger charge is -2.62. The molecule has 0 aromatic heterocycles. The van der Waals surface area contributed by atoms with Gasteiger partial charge < -0.3 is 10.2 Å². The molecule has 0 aliphatic heterocycles. The number of hydrogen-bond donors (Lipinski definition) is 2. The van der Waals surface area contributed by atoms with Crippen molar-refractivity contribution in [2.45, 2.75) is 169 Å². The molecule has 8 fully saturated rings. The molecule has 8 saturated carbocycles. The van der Waals surface area contributed by atoms with Crippen molar-refractivity contribution in [1.29, 1.82) is 0 Å². The maximum atomic E-state index is 12.1. The average Bonchev–Trinajstić information content (AvgIpc) is 3.45. The lowest BCUT2D eigenvalue weighted by Crippen LogP contribution is -2.59. The zero-order valence-electron chi connectivity index (χ0n) is 30.9. The Hall–Kier alpha value is -0.740. The molecule has 8 rings (SSSR count). The average molecular weight is 633 g/mol. The molecule has 0 spiro atoms. The Morgan fingerprint density at radius 3 is 1.24 bits per heavy atom. The molecule has 0 saturated heterocycles. The van der Waals surface area contributed by atoms with Crippen molar-refractivity contribution < 1.29 is 10.2 Å². The second-order valence-corrected chi connectivity index (χ2v) is 20.8. The van der Waals surface area contributed by atoms with Crippen LogP contribution in [-0.4, -0.2) is 32.8 Å². The van der Waals surface area contributed by atoms with Gasteiger partial charge in [0.1, 0.15) is 11.2 Å². The molecule has 0 heterocycles. The van der Waals surface area contributed by atoms with Gasteiger partial charge in [0.05, 0.1) is 11.4 Å². The molecule has 0 bridgehead atoms. The van der Waals surface area contributed by atoms with Gasteiger partial charge in [-0.25, -0.2) is 0 Å². The SMILES string of the molecule is CC1CCC2C3CCC4CC(=NN=C5C[C@@H]6CC[C@@H]7[C@H](CC[C@]8(C)C(C)CC[C@@H]78)[C@@]6(C)C[C@]5(C)O)[C@@](C)(O)C[C@]4(C)C3CC[C@]12C. The van der Waals surface area contributed by atoms with Gasteiger partial charge in [-0.15, -0.1) is 0 Å². The fourth-order valence-corrected chi connectivity index (χ4v) is 15.8. The highest BCUT2D eigenvalue weighted by Crippen LogP contribution is 2.69. The minimum atomic E-state index is -0.929. The molecule has 4 nitrogen and oxygen atoms in total. The lowest BCUT2D eigenvalue weighted by molar-refractivity contribution is -0.124. The molecular weight excluding hydrogens is 564 g/mol. The van der Waals surface area contributed by atoms with Crippen LogP contribution in [0.2, 0.25) is 0 Å². The van der Waals surface area contributed by atoms with E-state index in [1.165, 1.54) is 77.0 Å². The third-order valence-corrected chi connectivity index (χ3v) is 18.9. The van der Waals surface area contributed by atoms with Crippen LogP contribution in [0.5, 0.6) is 0 Å². The summed E-state index contributed by atoms with van der Waals surface area (Å²) in [4.78, 5) is 0. The molecular formula is C42H68N2O2. The molecule has 0 aromatic rings. The molecule has 46 heavy (non-hydrogen) atoms. The van der Waals surface area contributed by atoms with Gasteiger partial charge in [-0.2, -0.15) is 10.2 Å². The number of hydrogen-bond acceptors (Lipinski definition) is 4. The number of rotatable bonds is 1. The van der Waals surface area contributed by atoms with Crippen LogP contribution in [0.3, 0.4) is 0 Å². The van der Waals surface area contributed by atoms with Crippen LogP contribution in [-0.2, 0) is 0 Å². The summed E-state index contributed by atoms with van der Waals surface area (Å²) < 4.78 is 0. The summed E-state index contributed by atoms with van der Waals surface area (Å²) >= 11 is 0. The van der Waals surface area contributed by atoms with E-state index in [1.54, 1.807) is 0 Å². The zero-order chi connectivity index (χ0) is 32.7. The summed E-state index contributed by atoms with van der Waals surface area (Å²) in [6.45, 7) is 19.4. The number of fused-ring (bicyclic) bond motifs is 10. The highest BCUT2D eigenvalue weighted by molar-refractivity contribution is 5.96. The second-order valence-electron chi connectivity index (χ2n) is 20.8. The summed E-state index contributed by atoms with van der Waals surface area (Å²) in [5.41, 5.74) is 1.32. The van der Waals surface area contributed by atoms with E-state index >= 15 is 0 Å². The molecule has 0 aromatic carbocycles. The van der Waals surface area contributed by atoms with E-state index in [1.807, 2.05) is 13.8 Å². The molecule has 0 radical (unpaired) electrons. The summed E-state index contributed by atoms with van der Waals surface area (Å²) in [7, 11) is 0. The van der Waals surface area contributed by atoms with Crippen molar-refractivity contribution in [2.24, 2.45) is 91.0 Å². The first-order valence-corrected chi connectivity index (χ1v) is 20.1. The maximum absolute atomic E-state index is 12.1. The van der Waals surface area contributed by atoms with E-state index in [0.717, 1.165) is 84.4 Å². The van der Waals surface area contributed by atoms with Gasteiger partial charge in [-0.3, -0.25) is 0 Å². The highest BCUT2D eigenvalue weighted by atomic mass is 16.3. The lowest BCUT2D eigenvalue weighted by atomic mass is 9.43. The van der Waals surface area contributed by atoms with Crippen molar-refractivity contribution in [1.82, 2.24) is 0 Å². The highest BCUT2D eigenvalue weighted by Gasteiger charge is 2.63.